The Morgan fingerprint density at radius 1 is 1.10 bits per heavy atom. The van der Waals surface area contributed by atoms with E-state index < -0.39 is 10.0 Å². The molecule has 0 aromatic heterocycles. The van der Waals surface area contributed by atoms with Crippen LogP contribution in [0.3, 0.4) is 0 Å². The van der Waals surface area contributed by atoms with Crippen molar-refractivity contribution in [2.45, 2.75) is 43.2 Å². The Kier molecular flexibility index (Phi) is 6.61. The molecule has 0 atom stereocenters. The molecule has 0 spiro atoms. The Morgan fingerprint density at radius 2 is 1.84 bits per heavy atom. The lowest BCUT2D eigenvalue weighted by molar-refractivity contribution is 0.151. The predicted octanol–water partition coefficient (Wildman–Crippen LogP) is 3.63. The summed E-state index contributed by atoms with van der Waals surface area (Å²) in [6.45, 7) is 3.08. The van der Waals surface area contributed by atoms with Crippen molar-refractivity contribution >= 4 is 10.0 Å². The molecular weight excluding hydrogens is 410 g/mol. The maximum absolute atomic E-state index is 13.5. The third-order valence-electron chi connectivity index (χ3n) is 6.21. The minimum absolute atomic E-state index is 0.0125. The maximum atomic E-state index is 13.5. The quantitative estimate of drug-likeness (QED) is 0.628. The molecule has 7 heteroatoms. The molecule has 1 saturated carbocycles. The van der Waals surface area contributed by atoms with Gasteiger partial charge in [-0.15, -0.1) is 0 Å². The summed E-state index contributed by atoms with van der Waals surface area (Å²) in [7, 11) is -2.02. The van der Waals surface area contributed by atoms with Gasteiger partial charge in [0.25, 0.3) is 0 Å². The average molecular weight is 440 g/mol. The minimum Gasteiger partial charge on any atom is -0.497 e. The molecule has 0 unspecified atom stereocenters. The number of likely N-dealkylation sites (tertiary alicyclic amines) is 1. The minimum atomic E-state index is -3.57. The first-order valence-electron chi connectivity index (χ1n) is 10.9. The van der Waals surface area contributed by atoms with Crippen molar-refractivity contribution in [3.8, 4) is 11.8 Å². The zero-order chi connectivity index (χ0) is 21.8. The number of nitrogens with zero attached hydrogens (tertiary/aromatic N) is 3. The van der Waals surface area contributed by atoms with Gasteiger partial charge < -0.3 is 4.74 Å². The highest BCUT2D eigenvalue weighted by molar-refractivity contribution is 7.89. The number of rotatable bonds is 8. The van der Waals surface area contributed by atoms with Gasteiger partial charge >= 0.3 is 0 Å². The highest BCUT2D eigenvalue weighted by Gasteiger charge is 2.37. The number of methoxy groups -OCH3 is 1. The van der Waals surface area contributed by atoms with Crippen LogP contribution in [0.4, 0.5) is 0 Å². The molecule has 164 valence electrons. The molecule has 0 radical (unpaired) electrons. The first kappa shape index (κ1) is 21.8. The molecule has 2 aromatic carbocycles. The van der Waals surface area contributed by atoms with Crippen LogP contribution in [0.15, 0.2) is 53.4 Å². The van der Waals surface area contributed by atoms with Crippen LogP contribution in [-0.4, -0.2) is 50.4 Å². The zero-order valence-corrected chi connectivity index (χ0v) is 18.7. The number of ether oxygens (including phenoxy) is 1. The summed E-state index contributed by atoms with van der Waals surface area (Å²) in [4.78, 5) is 2.66. The third-order valence-corrected chi connectivity index (χ3v) is 8.12. The number of piperidine rings is 1. The second-order valence-electron chi connectivity index (χ2n) is 8.52. The molecule has 1 heterocycles. The normalized spacial score (nSPS) is 18.1. The van der Waals surface area contributed by atoms with Gasteiger partial charge in [0.1, 0.15) is 5.75 Å². The fourth-order valence-electron chi connectivity index (χ4n) is 4.26. The van der Waals surface area contributed by atoms with Crippen molar-refractivity contribution in [3.63, 3.8) is 0 Å². The van der Waals surface area contributed by atoms with Gasteiger partial charge in [-0.25, -0.2) is 8.42 Å². The molecule has 0 N–H and O–H groups in total. The highest BCUT2D eigenvalue weighted by atomic mass is 32.2. The first-order valence-corrected chi connectivity index (χ1v) is 12.3. The van der Waals surface area contributed by atoms with E-state index in [4.69, 9.17) is 10.00 Å². The number of sulfonamides is 1. The molecule has 2 aliphatic rings. The Morgan fingerprint density at radius 3 is 2.52 bits per heavy atom. The fraction of sp³-hybridized carbons (Fsp3) is 0.458. The van der Waals surface area contributed by atoms with Crippen LogP contribution in [0.25, 0.3) is 0 Å². The largest absolute Gasteiger partial charge is 0.497 e. The zero-order valence-electron chi connectivity index (χ0n) is 17.9. The van der Waals surface area contributed by atoms with Crippen molar-refractivity contribution < 1.29 is 13.2 Å². The van der Waals surface area contributed by atoms with Crippen molar-refractivity contribution in [2.24, 2.45) is 5.92 Å². The summed E-state index contributed by atoms with van der Waals surface area (Å²) < 4.78 is 34.1. The lowest BCUT2D eigenvalue weighted by Crippen LogP contribution is -2.47. The van der Waals surface area contributed by atoms with Crippen LogP contribution in [0.2, 0.25) is 0 Å². The number of nitriles is 1. The SMILES string of the molecule is COc1cccc(S(=O)(=O)N(CC2CC2)C2CCN(Cc3cccc(C#N)c3)CC2)c1. The van der Waals surface area contributed by atoms with Crippen LogP contribution in [0, 0.1) is 17.2 Å². The fourth-order valence-corrected chi connectivity index (χ4v) is 6.06. The van der Waals surface area contributed by atoms with Gasteiger partial charge in [-0.05, 0) is 61.4 Å². The van der Waals surface area contributed by atoms with Crippen LogP contribution < -0.4 is 4.74 Å². The molecule has 6 nitrogen and oxygen atoms in total. The van der Waals surface area contributed by atoms with E-state index in [1.165, 1.54) is 0 Å². The van der Waals surface area contributed by atoms with Crippen LogP contribution >= 0.6 is 0 Å². The van der Waals surface area contributed by atoms with Crippen LogP contribution in [-0.2, 0) is 16.6 Å². The van der Waals surface area contributed by atoms with Crippen molar-refractivity contribution in [1.82, 2.24) is 9.21 Å². The third kappa shape index (κ3) is 5.27. The predicted molar refractivity (Wildman–Crippen MR) is 119 cm³/mol. The lowest BCUT2D eigenvalue weighted by atomic mass is 10.0. The Labute approximate surface area is 185 Å². The monoisotopic (exact) mass is 439 g/mol. The van der Waals surface area contributed by atoms with Gasteiger partial charge in [-0.3, -0.25) is 4.90 Å². The smallest absolute Gasteiger partial charge is 0.243 e. The van der Waals surface area contributed by atoms with Gasteiger partial charge in [-0.2, -0.15) is 9.57 Å². The molecule has 1 aliphatic heterocycles. The molecule has 0 bridgehead atoms. The summed E-state index contributed by atoms with van der Waals surface area (Å²) in [5, 5.41) is 9.11. The topological polar surface area (TPSA) is 73.6 Å². The summed E-state index contributed by atoms with van der Waals surface area (Å²) in [5.74, 6) is 1.04. The van der Waals surface area contributed by atoms with Crippen molar-refractivity contribution in [3.05, 3.63) is 59.7 Å². The summed E-state index contributed by atoms with van der Waals surface area (Å²) in [5.41, 5.74) is 1.80. The number of benzene rings is 2. The van der Waals surface area contributed by atoms with E-state index in [-0.39, 0.29) is 6.04 Å². The Bertz CT molecular complexity index is 1050. The van der Waals surface area contributed by atoms with E-state index in [1.807, 2.05) is 24.3 Å². The van der Waals surface area contributed by atoms with Crippen molar-refractivity contribution in [1.29, 1.82) is 5.26 Å². The van der Waals surface area contributed by atoms with E-state index in [0.717, 1.165) is 50.9 Å². The number of hydrogen-bond donors (Lipinski definition) is 0. The van der Waals surface area contributed by atoms with Gasteiger partial charge in [0.2, 0.25) is 10.0 Å². The molecule has 2 aromatic rings. The summed E-state index contributed by atoms with van der Waals surface area (Å²) in [6, 6.07) is 16.7. The van der Waals surface area contributed by atoms with Crippen LogP contribution in [0.1, 0.15) is 36.8 Å². The maximum Gasteiger partial charge on any atom is 0.243 e. The highest BCUT2D eigenvalue weighted by Crippen LogP contribution is 2.35. The van der Waals surface area contributed by atoms with Crippen molar-refractivity contribution in [2.75, 3.05) is 26.7 Å². The van der Waals surface area contributed by atoms with E-state index in [0.29, 0.717) is 28.7 Å². The Balaban J connectivity index is 1.46. The second-order valence-corrected chi connectivity index (χ2v) is 10.4. The van der Waals surface area contributed by atoms with E-state index in [1.54, 1.807) is 35.7 Å². The number of hydrogen-bond acceptors (Lipinski definition) is 5. The van der Waals surface area contributed by atoms with Crippen LogP contribution in [0.5, 0.6) is 5.75 Å². The van der Waals surface area contributed by atoms with Gasteiger partial charge in [0, 0.05) is 38.3 Å². The van der Waals surface area contributed by atoms with Gasteiger partial charge in [-0.1, -0.05) is 18.2 Å². The summed E-state index contributed by atoms with van der Waals surface area (Å²) >= 11 is 0. The van der Waals surface area contributed by atoms with E-state index in [9.17, 15) is 8.42 Å². The molecule has 31 heavy (non-hydrogen) atoms. The van der Waals surface area contributed by atoms with Gasteiger partial charge in [0.15, 0.2) is 0 Å². The molecule has 2 fully saturated rings. The second kappa shape index (κ2) is 9.39. The van der Waals surface area contributed by atoms with E-state index in [2.05, 4.69) is 11.0 Å². The lowest BCUT2D eigenvalue weighted by Gasteiger charge is -2.38. The molecule has 0 amide bonds. The van der Waals surface area contributed by atoms with Gasteiger partial charge in [0.05, 0.1) is 23.6 Å². The molecule has 1 aliphatic carbocycles. The first-order chi connectivity index (χ1) is 15.0. The molecule has 4 rings (SSSR count). The Hall–Kier alpha value is -2.40. The average Bonchev–Trinajstić information content (AvgIpc) is 3.62. The molecular formula is C24H29N3O3S. The van der Waals surface area contributed by atoms with E-state index >= 15 is 0 Å². The standard InChI is InChI=1S/C24H29N3O3S/c1-30-23-6-3-7-24(15-23)31(28,29)27(18-19-8-9-19)22-10-12-26(13-11-22)17-21-5-2-4-20(14-21)16-25/h2-7,14-15,19,22H,8-13,17-18H2,1H3. The molecule has 1 saturated heterocycles. The summed E-state index contributed by atoms with van der Waals surface area (Å²) in [6.07, 6.45) is 3.85.